The maximum atomic E-state index is 12.4. The monoisotopic (exact) mass is 528 g/mol. The minimum absolute atomic E-state index is 0.201. The number of phenols is 1. The fourth-order valence-corrected chi connectivity index (χ4v) is 5.32. The van der Waals surface area contributed by atoms with Crippen LogP contribution in [0.4, 0.5) is 0 Å². The van der Waals surface area contributed by atoms with Crippen LogP contribution in [0.1, 0.15) is 41.7 Å². The van der Waals surface area contributed by atoms with Crippen molar-refractivity contribution < 1.29 is 21.9 Å². The Morgan fingerprint density at radius 2 is 1.08 bits per heavy atom. The lowest BCUT2D eigenvalue weighted by atomic mass is 9.99. The van der Waals surface area contributed by atoms with Crippen LogP contribution >= 0.6 is 0 Å². The molecular formula is C25H28N4O5S2. The molecule has 9 nitrogen and oxygen atoms in total. The van der Waals surface area contributed by atoms with Crippen LogP contribution in [0.25, 0.3) is 0 Å². The molecule has 0 aliphatic rings. The molecule has 3 rings (SSSR count). The highest BCUT2D eigenvalue weighted by Gasteiger charge is 2.17. The van der Waals surface area contributed by atoms with Crippen LogP contribution in [-0.4, -0.2) is 33.4 Å². The number of rotatable bonds is 10. The summed E-state index contributed by atoms with van der Waals surface area (Å²) in [6.07, 6.45) is 0. The third kappa shape index (κ3) is 7.65. The SMILES string of the molecule is C/C(=N/NS(=O)(=O)Cc1ccccc1)c1cc(C)cc(/C(C)=N/NS(=O)(=O)Cc2ccccc2)c1O. The zero-order valence-corrected chi connectivity index (χ0v) is 21.8. The van der Waals surface area contributed by atoms with E-state index in [2.05, 4.69) is 19.9 Å². The summed E-state index contributed by atoms with van der Waals surface area (Å²) in [5.74, 6) is -0.692. The Labute approximate surface area is 211 Å². The van der Waals surface area contributed by atoms with E-state index in [1.165, 1.54) is 0 Å². The number of phenolic OH excluding ortho intramolecular Hbond substituents is 1. The average molecular weight is 529 g/mol. The highest BCUT2D eigenvalue weighted by atomic mass is 32.2. The molecule has 36 heavy (non-hydrogen) atoms. The first kappa shape index (κ1) is 26.9. The molecule has 0 aliphatic heterocycles. The van der Waals surface area contributed by atoms with Gasteiger partial charge in [-0.25, -0.2) is 26.5 Å². The zero-order chi connectivity index (χ0) is 26.3. The average Bonchev–Trinajstić information content (AvgIpc) is 2.83. The van der Waals surface area contributed by atoms with E-state index >= 15 is 0 Å². The molecular weight excluding hydrogens is 500 g/mol. The van der Waals surface area contributed by atoms with Gasteiger partial charge >= 0.3 is 0 Å². The molecule has 190 valence electrons. The van der Waals surface area contributed by atoms with Gasteiger partial charge in [0, 0.05) is 11.1 Å². The van der Waals surface area contributed by atoms with Gasteiger partial charge in [0.05, 0.1) is 22.9 Å². The summed E-state index contributed by atoms with van der Waals surface area (Å²) >= 11 is 0. The van der Waals surface area contributed by atoms with Crippen molar-refractivity contribution in [1.29, 1.82) is 0 Å². The van der Waals surface area contributed by atoms with Crippen LogP contribution in [0.5, 0.6) is 5.75 Å². The van der Waals surface area contributed by atoms with E-state index in [4.69, 9.17) is 0 Å². The molecule has 0 saturated carbocycles. The molecule has 3 N–H and O–H groups in total. The lowest BCUT2D eigenvalue weighted by Crippen LogP contribution is -2.22. The van der Waals surface area contributed by atoms with Gasteiger partial charge in [0.25, 0.3) is 20.0 Å². The van der Waals surface area contributed by atoms with Crippen molar-refractivity contribution in [3.63, 3.8) is 0 Å². The molecule has 11 heteroatoms. The van der Waals surface area contributed by atoms with E-state index in [1.807, 2.05) is 0 Å². The molecule has 0 aromatic heterocycles. The van der Waals surface area contributed by atoms with Crippen LogP contribution in [0.15, 0.2) is 83.0 Å². The summed E-state index contributed by atoms with van der Waals surface area (Å²) in [5.41, 5.74) is 2.99. The van der Waals surface area contributed by atoms with Crippen molar-refractivity contribution in [3.8, 4) is 5.75 Å². The van der Waals surface area contributed by atoms with Gasteiger partial charge < -0.3 is 5.11 Å². The predicted octanol–water partition coefficient (Wildman–Crippen LogP) is 3.39. The minimum Gasteiger partial charge on any atom is -0.507 e. The Balaban J connectivity index is 1.79. The van der Waals surface area contributed by atoms with Gasteiger partial charge in [-0.2, -0.15) is 10.2 Å². The second kappa shape index (κ2) is 11.4. The van der Waals surface area contributed by atoms with Gasteiger partial charge in [-0.1, -0.05) is 60.7 Å². The Kier molecular flexibility index (Phi) is 8.49. The Morgan fingerprint density at radius 3 is 1.44 bits per heavy atom. The van der Waals surface area contributed by atoms with E-state index in [9.17, 15) is 21.9 Å². The van der Waals surface area contributed by atoms with Crippen LogP contribution < -0.4 is 9.66 Å². The first-order valence-electron chi connectivity index (χ1n) is 11.0. The molecule has 0 heterocycles. The zero-order valence-electron chi connectivity index (χ0n) is 20.1. The van der Waals surface area contributed by atoms with Crippen molar-refractivity contribution in [2.75, 3.05) is 0 Å². The van der Waals surface area contributed by atoms with Gasteiger partial charge in [-0.3, -0.25) is 0 Å². The van der Waals surface area contributed by atoms with E-state index in [0.717, 1.165) is 5.56 Å². The first-order valence-corrected chi connectivity index (χ1v) is 14.3. The van der Waals surface area contributed by atoms with E-state index < -0.39 is 20.0 Å². The van der Waals surface area contributed by atoms with Crippen molar-refractivity contribution in [2.45, 2.75) is 32.3 Å². The molecule has 0 bridgehead atoms. The molecule has 0 spiro atoms. The summed E-state index contributed by atoms with van der Waals surface area (Å²) in [5, 5.41) is 18.8. The fraction of sp³-hybridized carbons (Fsp3) is 0.200. The number of aryl methyl sites for hydroxylation is 1. The molecule has 0 amide bonds. The highest BCUT2D eigenvalue weighted by molar-refractivity contribution is 7.88. The molecule has 0 aliphatic carbocycles. The van der Waals surface area contributed by atoms with E-state index in [-0.39, 0.29) is 39.8 Å². The van der Waals surface area contributed by atoms with E-state index in [1.54, 1.807) is 93.6 Å². The van der Waals surface area contributed by atoms with Crippen molar-refractivity contribution in [3.05, 3.63) is 101 Å². The number of benzene rings is 3. The summed E-state index contributed by atoms with van der Waals surface area (Å²) in [4.78, 5) is 4.39. The summed E-state index contributed by atoms with van der Waals surface area (Å²) < 4.78 is 49.6. The maximum absolute atomic E-state index is 12.4. The predicted molar refractivity (Wildman–Crippen MR) is 142 cm³/mol. The van der Waals surface area contributed by atoms with Crippen LogP contribution in [0.2, 0.25) is 0 Å². The molecule has 0 atom stereocenters. The lowest BCUT2D eigenvalue weighted by Gasteiger charge is -2.12. The Bertz CT molecular complexity index is 1380. The van der Waals surface area contributed by atoms with Gasteiger partial charge in [-0.05, 0) is 49.6 Å². The number of hydrogen-bond acceptors (Lipinski definition) is 7. The summed E-state index contributed by atoms with van der Waals surface area (Å²) in [6.45, 7) is 4.89. The normalized spacial score (nSPS) is 12.9. The third-order valence-electron chi connectivity index (χ3n) is 5.14. The molecule has 3 aromatic carbocycles. The number of hydrazone groups is 2. The topological polar surface area (TPSA) is 137 Å². The maximum Gasteiger partial charge on any atom is 0.251 e. The second-order valence-corrected chi connectivity index (χ2v) is 11.7. The van der Waals surface area contributed by atoms with Gasteiger partial charge in [0.15, 0.2) is 0 Å². The third-order valence-corrected chi connectivity index (χ3v) is 7.30. The van der Waals surface area contributed by atoms with E-state index in [0.29, 0.717) is 11.1 Å². The number of hydrogen-bond donors (Lipinski definition) is 3. The standard InChI is InChI=1S/C25H28N4O5S2/c1-18-14-23(19(2)26-28-35(31,32)16-21-10-6-4-7-11-21)25(30)24(15-18)20(3)27-29-36(33,34)17-22-12-8-5-9-13-22/h4-15,28-30H,16-17H2,1-3H3/b26-19-,27-20+. The first-order chi connectivity index (χ1) is 17.0. The van der Waals surface area contributed by atoms with Crippen molar-refractivity contribution >= 4 is 31.5 Å². The van der Waals surface area contributed by atoms with Crippen LogP contribution in [0.3, 0.4) is 0 Å². The summed E-state index contributed by atoms with van der Waals surface area (Å²) in [7, 11) is -7.52. The molecule has 3 aromatic rings. The van der Waals surface area contributed by atoms with Gasteiger partial charge in [0.1, 0.15) is 5.75 Å². The number of sulfonamides is 2. The van der Waals surface area contributed by atoms with Crippen LogP contribution in [-0.2, 0) is 31.6 Å². The Hall–Kier alpha value is -3.70. The van der Waals surface area contributed by atoms with Crippen molar-refractivity contribution in [1.82, 2.24) is 9.66 Å². The minimum atomic E-state index is -3.76. The van der Waals surface area contributed by atoms with Crippen LogP contribution in [0, 0.1) is 6.92 Å². The van der Waals surface area contributed by atoms with Gasteiger partial charge in [-0.15, -0.1) is 0 Å². The number of aromatic hydroxyl groups is 1. The molecule has 0 fully saturated rings. The molecule has 0 saturated heterocycles. The fourth-order valence-electron chi connectivity index (χ4n) is 3.38. The molecule has 0 radical (unpaired) electrons. The number of nitrogens with zero attached hydrogens (tertiary/aromatic N) is 2. The largest absolute Gasteiger partial charge is 0.507 e. The Morgan fingerprint density at radius 1 is 0.722 bits per heavy atom. The van der Waals surface area contributed by atoms with Gasteiger partial charge in [0.2, 0.25) is 0 Å². The summed E-state index contributed by atoms with van der Waals surface area (Å²) in [6, 6.07) is 20.7. The van der Waals surface area contributed by atoms with Crippen molar-refractivity contribution in [2.24, 2.45) is 10.2 Å². The lowest BCUT2D eigenvalue weighted by molar-refractivity contribution is 0.472. The molecule has 0 unspecified atom stereocenters. The highest BCUT2D eigenvalue weighted by Crippen LogP contribution is 2.26. The quantitative estimate of drug-likeness (QED) is 0.274. The number of nitrogens with one attached hydrogen (secondary N) is 2. The second-order valence-electron chi connectivity index (χ2n) is 8.28. The smallest absolute Gasteiger partial charge is 0.251 e.